The monoisotopic (exact) mass is 387 g/mol. The number of hydrogen-bond donors (Lipinski definition) is 2. The molecule has 0 spiro atoms. The molecule has 1 aliphatic heterocycles. The maximum absolute atomic E-state index is 13.6. The molecular formula is C18H12F3N5O2. The second kappa shape index (κ2) is 6.19. The Labute approximate surface area is 155 Å². The third-order valence-electron chi connectivity index (χ3n) is 4.37. The van der Waals surface area contributed by atoms with Crippen LogP contribution in [0.25, 0.3) is 10.9 Å². The summed E-state index contributed by atoms with van der Waals surface area (Å²) in [5.41, 5.74) is -0.172. The Morgan fingerprint density at radius 2 is 1.93 bits per heavy atom. The molecule has 0 radical (unpaired) electrons. The van der Waals surface area contributed by atoms with Crippen molar-refractivity contribution in [3.8, 4) is 0 Å². The van der Waals surface area contributed by atoms with E-state index in [1.807, 2.05) is 0 Å². The van der Waals surface area contributed by atoms with Gasteiger partial charge in [0.25, 0.3) is 5.69 Å². The van der Waals surface area contributed by atoms with Gasteiger partial charge in [0.15, 0.2) is 0 Å². The third-order valence-corrected chi connectivity index (χ3v) is 4.37. The number of benzene rings is 2. The van der Waals surface area contributed by atoms with Gasteiger partial charge in [0.1, 0.15) is 5.52 Å². The van der Waals surface area contributed by atoms with Gasteiger partial charge in [-0.2, -0.15) is 18.3 Å². The van der Waals surface area contributed by atoms with Gasteiger partial charge in [0, 0.05) is 23.4 Å². The molecule has 2 aromatic carbocycles. The molecule has 0 fully saturated rings. The molecule has 3 aromatic rings. The lowest BCUT2D eigenvalue weighted by atomic mass is 9.94. The molecule has 0 amide bonds. The van der Waals surface area contributed by atoms with E-state index in [-0.39, 0.29) is 28.0 Å². The van der Waals surface area contributed by atoms with Gasteiger partial charge in [-0.1, -0.05) is 18.2 Å². The van der Waals surface area contributed by atoms with Crippen molar-refractivity contribution in [2.24, 2.45) is 4.99 Å². The van der Waals surface area contributed by atoms with Crippen LogP contribution in [0, 0.1) is 10.1 Å². The minimum atomic E-state index is -4.61. The highest BCUT2D eigenvalue weighted by atomic mass is 19.4. The number of hydrogen-bond acceptors (Lipinski definition) is 5. The number of nitrogens with one attached hydrogen (secondary N) is 2. The fourth-order valence-corrected chi connectivity index (χ4v) is 3.17. The Kier molecular flexibility index (Phi) is 3.91. The highest BCUT2D eigenvalue weighted by Crippen LogP contribution is 2.39. The Balaban J connectivity index is 2.08. The summed E-state index contributed by atoms with van der Waals surface area (Å²) in [5.74, 6) is 0. The number of nitro benzene ring substituents is 1. The molecule has 4 rings (SSSR count). The van der Waals surface area contributed by atoms with E-state index in [0.717, 1.165) is 6.07 Å². The van der Waals surface area contributed by atoms with Gasteiger partial charge < -0.3 is 5.32 Å². The maximum Gasteiger partial charge on any atom is 0.417 e. The fraction of sp³-hybridized carbons (Fsp3) is 0.111. The predicted molar refractivity (Wildman–Crippen MR) is 97.2 cm³/mol. The smallest absolute Gasteiger partial charge is 0.359 e. The van der Waals surface area contributed by atoms with Crippen LogP contribution in [0.2, 0.25) is 0 Å². The Hall–Kier alpha value is -3.69. The lowest BCUT2D eigenvalue weighted by Gasteiger charge is -2.16. The largest absolute Gasteiger partial charge is 0.417 e. The molecule has 0 bridgehead atoms. The van der Waals surface area contributed by atoms with E-state index in [4.69, 9.17) is 0 Å². The zero-order valence-corrected chi connectivity index (χ0v) is 14.3. The number of nitrogens with zero attached hydrogens (tertiary/aromatic N) is 3. The quantitative estimate of drug-likeness (QED) is 0.496. The fourth-order valence-electron chi connectivity index (χ4n) is 3.17. The minimum Gasteiger partial charge on any atom is -0.359 e. The van der Waals surface area contributed by atoms with Gasteiger partial charge in [-0.05, 0) is 13.0 Å². The highest BCUT2D eigenvalue weighted by Gasteiger charge is 2.35. The van der Waals surface area contributed by atoms with E-state index in [1.165, 1.54) is 36.7 Å². The van der Waals surface area contributed by atoms with Crippen molar-refractivity contribution < 1.29 is 18.1 Å². The number of fused-ring (bicyclic) bond motifs is 3. The Morgan fingerprint density at radius 1 is 1.18 bits per heavy atom. The Bertz CT molecular complexity index is 1180. The molecule has 28 heavy (non-hydrogen) atoms. The number of non-ortho nitro benzene ring substituents is 1. The molecule has 10 heteroatoms. The summed E-state index contributed by atoms with van der Waals surface area (Å²) in [6.45, 7) is 1.62. The summed E-state index contributed by atoms with van der Waals surface area (Å²) in [6.07, 6.45) is -1.70. The van der Waals surface area contributed by atoms with Crippen molar-refractivity contribution in [3.05, 3.63) is 75.2 Å². The maximum atomic E-state index is 13.6. The predicted octanol–water partition coefficient (Wildman–Crippen LogP) is 4.61. The average Bonchev–Trinajstić information content (AvgIpc) is 3.06. The molecule has 0 aliphatic carbocycles. The number of aromatic nitrogens is 2. The molecule has 0 saturated carbocycles. The van der Waals surface area contributed by atoms with E-state index in [9.17, 15) is 23.3 Å². The van der Waals surface area contributed by atoms with E-state index in [0.29, 0.717) is 16.8 Å². The number of H-pyrrole nitrogens is 1. The van der Waals surface area contributed by atoms with Crippen LogP contribution < -0.4 is 5.32 Å². The van der Waals surface area contributed by atoms with Crippen molar-refractivity contribution in [3.63, 3.8) is 0 Å². The second-order valence-corrected chi connectivity index (χ2v) is 6.17. The van der Waals surface area contributed by atoms with E-state index >= 15 is 0 Å². The highest BCUT2D eigenvalue weighted by molar-refractivity contribution is 6.21. The standard InChI is InChI=1S/C18H12F3N5O2/c1-9-7-22-15-11(6-14(26(27)28)17-12(15)8-23-25-17)16(24-9)10-4-2-3-5-13(10)18(19,20)21/h2-8,22H,1H3,(H,23,25). The number of alkyl halides is 3. The van der Waals surface area contributed by atoms with Crippen molar-refractivity contribution in [2.75, 3.05) is 5.32 Å². The van der Waals surface area contributed by atoms with Crippen LogP contribution in [-0.4, -0.2) is 20.8 Å². The molecule has 1 aliphatic rings. The van der Waals surface area contributed by atoms with Gasteiger partial charge in [-0.3, -0.25) is 20.2 Å². The molecule has 0 unspecified atom stereocenters. The first-order valence-corrected chi connectivity index (χ1v) is 8.11. The van der Waals surface area contributed by atoms with Crippen molar-refractivity contribution in [2.45, 2.75) is 13.1 Å². The van der Waals surface area contributed by atoms with Gasteiger partial charge in [-0.15, -0.1) is 0 Å². The first-order valence-electron chi connectivity index (χ1n) is 8.11. The van der Waals surface area contributed by atoms with Crippen molar-refractivity contribution >= 4 is 28.0 Å². The van der Waals surface area contributed by atoms with E-state index in [2.05, 4.69) is 20.5 Å². The van der Waals surface area contributed by atoms with Crippen LogP contribution in [0.15, 0.2) is 53.4 Å². The van der Waals surface area contributed by atoms with Gasteiger partial charge in [0.05, 0.1) is 39.2 Å². The number of rotatable bonds is 2. The summed E-state index contributed by atoms with van der Waals surface area (Å²) >= 11 is 0. The lowest BCUT2D eigenvalue weighted by molar-refractivity contribution is -0.383. The molecule has 1 aromatic heterocycles. The SMILES string of the molecule is CC1=CNc2c(cc([N+](=O)[O-])c3[nH]ncc23)C(c2ccccc2C(F)(F)F)=N1. The molecule has 2 N–H and O–H groups in total. The number of nitro groups is 1. The van der Waals surface area contributed by atoms with Crippen LogP contribution in [0.3, 0.4) is 0 Å². The van der Waals surface area contributed by atoms with Crippen LogP contribution in [-0.2, 0) is 6.18 Å². The first-order chi connectivity index (χ1) is 13.3. The van der Waals surface area contributed by atoms with Crippen LogP contribution in [0.4, 0.5) is 24.5 Å². The van der Waals surface area contributed by atoms with Crippen LogP contribution in [0.5, 0.6) is 0 Å². The van der Waals surface area contributed by atoms with Gasteiger partial charge in [0.2, 0.25) is 0 Å². The molecular weight excluding hydrogens is 375 g/mol. The van der Waals surface area contributed by atoms with Crippen molar-refractivity contribution in [1.82, 2.24) is 10.2 Å². The van der Waals surface area contributed by atoms with Gasteiger partial charge >= 0.3 is 6.18 Å². The summed E-state index contributed by atoms with van der Waals surface area (Å²) < 4.78 is 40.7. The van der Waals surface area contributed by atoms with Crippen molar-refractivity contribution in [1.29, 1.82) is 0 Å². The summed E-state index contributed by atoms with van der Waals surface area (Å²) in [6, 6.07) is 6.22. The zero-order chi connectivity index (χ0) is 20.1. The number of aliphatic imine (C=N–C) groups is 1. The molecule has 0 atom stereocenters. The minimum absolute atomic E-state index is 0.00660. The Morgan fingerprint density at radius 3 is 2.64 bits per heavy atom. The molecule has 0 saturated heterocycles. The second-order valence-electron chi connectivity index (χ2n) is 6.17. The summed E-state index contributed by atoms with van der Waals surface area (Å²) in [7, 11) is 0. The molecule has 2 heterocycles. The normalized spacial score (nSPS) is 14.0. The van der Waals surface area contributed by atoms with E-state index in [1.54, 1.807) is 6.92 Å². The summed E-state index contributed by atoms with van der Waals surface area (Å²) in [4.78, 5) is 15.2. The van der Waals surface area contributed by atoms with Crippen LogP contribution >= 0.6 is 0 Å². The average molecular weight is 387 g/mol. The molecule has 7 nitrogen and oxygen atoms in total. The first kappa shape index (κ1) is 17.7. The zero-order valence-electron chi connectivity index (χ0n) is 14.3. The number of allylic oxidation sites excluding steroid dienone is 1. The van der Waals surface area contributed by atoms with E-state index < -0.39 is 16.7 Å². The topological polar surface area (TPSA) is 96.2 Å². The van der Waals surface area contributed by atoms with Crippen LogP contribution in [0.1, 0.15) is 23.6 Å². The number of aromatic amines is 1. The van der Waals surface area contributed by atoms with Gasteiger partial charge in [-0.25, -0.2) is 0 Å². The molecule has 142 valence electrons. The third kappa shape index (κ3) is 2.79. The summed E-state index contributed by atoms with van der Waals surface area (Å²) in [5, 5.41) is 21.3. The number of halogens is 3. The lowest BCUT2D eigenvalue weighted by Crippen LogP contribution is -2.15. The number of anilines is 1.